The molecule has 1 aromatic carbocycles. The van der Waals surface area contributed by atoms with Gasteiger partial charge < -0.3 is 19.6 Å². The number of nitrogens with zero attached hydrogens (tertiary/aromatic N) is 1. The summed E-state index contributed by atoms with van der Waals surface area (Å²) in [5.74, 6) is 0.367. The van der Waals surface area contributed by atoms with Gasteiger partial charge in [-0.25, -0.2) is 4.98 Å². The van der Waals surface area contributed by atoms with Crippen LogP contribution in [0, 0.1) is 5.92 Å². The number of rotatable bonds is 4. The molecule has 106 valence electrons. The number of hydrogen-bond acceptors (Lipinski definition) is 5. The van der Waals surface area contributed by atoms with Crippen LogP contribution in [0.5, 0.6) is 5.75 Å². The number of aromatic nitrogens is 1. The van der Waals surface area contributed by atoms with Crippen molar-refractivity contribution in [2.24, 2.45) is 11.7 Å². The van der Waals surface area contributed by atoms with Crippen LogP contribution in [0.2, 0.25) is 0 Å². The lowest BCUT2D eigenvalue weighted by Gasteiger charge is -2.22. The van der Waals surface area contributed by atoms with Crippen molar-refractivity contribution in [2.45, 2.75) is 12.8 Å². The normalized spacial score (nSPS) is 19.1. The molecule has 6 heteroatoms. The van der Waals surface area contributed by atoms with Gasteiger partial charge >= 0.3 is 5.91 Å². The molecule has 1 saturated heterocycles. The smallest absolute Gasteiger partial charge is 0.304 e. The minimum Gasteiger partial charge on any atom is -0.493 e. The first-order valence-corrected chi connectivity index (χ1v) is 6.63. The first-order valence-electron chi connectivity index (χ1n) is 6.63. The highest BCUT2D eigenvalue weighted by Crippen LogP contribution is 2.23. The molecule has 1 atom stereocenters. The Balaban J connectivity index is 1.70. The van der Waals surface area contributed by atoms with E-state index in [1.54, 1.807) is 18.2 Å². The van der Waals surface area contributed by atoms with Gasteiger partial charge in [0.2, 0.25) is 0 Å². The third-order valence-corrected chi connectivity index (χ3v) is 3.31. The number of hydrogen-bond donors (Lipinski definition) is 1. The van der Waals surface area contributed by atoms with Gasteiger partial charge in [-0.3, -0.25) is 4.79 Å². The third-order valence-electron chi connectivity index (χ3n) is 3.31. The molecule has 1 aliphatic heterocycles. The molecule has 0 spiro atoms. The molecule has 20 heavy (non-hydrogen) atoms. The van der Waals surface area contributed by atoms with Crippen molar-refractivity contribution in [3.63, 3.8) is 0 Å². The Labute approximate surface area is 115 Å². The van der Waals surface area contributed by atoms with Crippen molar-refractivity contribution < 1.29 is 18.7 Å². The van der Waals surface area contributed by atoms with E-state index in [1.807, 2.05) is 0 Å². The molecule has 2 aromatic rings. The number of fused-ring (bicyclic) bond motifs is 1. The number of ether oxygens (including phenoxy) is 2. The molecule has 0 saturated carbocycles. The van der Waals surface area contributed by atoms with E-state index in [0.717, 1.165) is 26.1 Å². The predicted octanol–water partition coefficient (Wildman–Crippen LogP) is 1.73. The van der Waals surface area contributed by atoms with Crippen LogP contribution in [0.1, 0.15) is 23.5 Å². The Morgan fingerprint density at radius 3 is 3.15 bits per heavy atom. The number of nitrogens with two attached hydrogens (primary N) is 1. The van der Waals surface area contributed by atoms with Crippen LogP contribution < -0.4 is 10.5 Å². The van der Waals surface area contributed by atoms with E-state index < -0.39 is 5.91 Å². The average Bonchev–Trinajstić information content (AvgIpc) is 2.89. The molecular weight excluding hydrogens is 260 g/mol. The maximum atomic E-state index is 11.0. The number of carbonyl (C=O) groups is 1. The molecule has 0 aliphatic carbocycles. The van der Waals surface area contributed by atoms with Gasteiger partial charge in [-0.1, -0.05) is 0 Å². The average molecular weight is 276 g/mol. The van der Waals surface area contributed by atoms with Crippen LogP contribution in [-0.4, -0.2) is 30.7 Å². The summed E-state index contributed by atoms with van der Waals surface area (Å²) in [5, 5.41) is 0. The van der Waals surface area contributed by atoms with E-state index >= 15 is 0 Å². The van der Waals surface area contributed by atoms with Gasteiger partial charge in [0.15, 0.2) is 5.58 Å². The maximum absolute atomic E-state index is 11.0. The number of amides is 1. The van der Waals surface area contributed by atoms with Crippen molar-refractivity contribution >= 4 is 17.0 Å². The van der Waals surface area contributed by atoms with Gasteiger partial charge in [-0.05, 0) is 25.0 Å². The number of primary amides is 1. The molecule has 2 heterocycles. The molecule has 0 radical (unpaired) electrons. The lowest BCUT2D eigenvalue weighted by molar-refractivity contribution is 0.0352. The van der Waals surface area contributed by atoms with Gasteiger partial charge in [0.1, 0.15) is 11.3 Å². The zero-order chi connectivity index (χ0) is 13.9. The molecule has 1 unspecified atom stereocenters. The van der Waals surface area contributed by atoms with Gasteiger partial charge in [0.25, 0.3) is 5.89 Å². The summed E-state index contributed by atoms with van der Waals surface area (Å²) in [6.45, 7) is 2.21. The van der Waals surface area contributed by atoms with Gasteiger partial charge in [0, 0.05) is 18.6 Å². The molecular formula is C14H16N2O4. The van der Waals surface area contributed by atoms with Crippen LogP contribution in [0.4, 0.5) is 0 Å². The SMILES string of the molecule is NC(=O)c1nc2cc(OCC3CCCOC3)ccc2o1. The second-order valence-corrected chi connectivity index (χ2v) is 4.91. The Morgan fingerprint density at radius 2 is 2.40 bits per heavy atom. The van der Waals surface area contributed by atoms with Crippen molar-refractivity contribution in [1.82, 2.24) is 4.98 Å². The van der Waals surface area contributed by atoms with Gasteiger partial charge in [0.05, 0.1) is 13.2 Å². The Hall–Kier alpha value is -2.08. The summed E-state index contributed by atoms with van der Waals surface area (Å²) < 4.78 is 16.4. The van der Waals surface area contributed by atoms with Crippen LogP contribution in [0.15, 0.2) is 22.6 Å². The van der Waals surface area contributed by atoms with Crippen molar-refractivity contribution in [3.8, 4) is 5.75 Å². The molecule has 6 nitrogen and oxygen atoms in total. The van der Waals surface area contributed by atoms with Crippen molar-refractivity contribution in [1.29, 1.82) is 0 Å². The van der Waals surface area contributed by atoms with E-state index in [0.29, 0.717) is 29.4 Å². The molecule has 1 fully saturated rings. The second-order valence-electron chi connectivity index (χ2n) is 4.91. The minimum atomic E-state index is -0.678. The quantitative estimate of drug-likeness (QED) is 0.918. The monoisotopic (exact) mass is 276 g/mol. The topological polar surface area (TPSA) is 87.6 Å². The lowest BCUT2D eigenvalue weighted by atomic mass is 10.0. The standard InChI is InChI=1S/C14H16N2O4/c15-13(17)14-16-11-6-10(3-4-12(11)20-14)19-8-9-2-1-5-18-7-9/h3-4,6,9H,1-2,5,7-8H2,(H2,15,17). The zero-order valence-electron chi connectivity index (χ0n) is 11.0. The highest BCUT2D eigenvalue weighted by molar-refractivity contribution is 5.91. The molecule has 0 bridgehead atoms. The molecule has 2 N–H and O–H groups in total. The van der Waals surface area contributed by atoms with Crippen LogP contribution >= 0.6 is 0 Å². The first-order chi connectivity index (χ1) is 9.72. The Bertz CT molecular complexity index is 617. The first kappa shape index (κ1) is 12.9. The Morgan fingerprint density at radius 1 is 1.50 bits per heavy atom. The van der Waals surface area contributed by atoms with E-state index in [1.165, 1.54) is 0 Å². The Kier molecular flexibility index (Phi) is 3.56. The summed E-state index contributed by atoms with van der Waals surface area (Å²) in [4.78, 5) is 15.0. The summed E-state index contributed by atoms with van der Waals surface area (Å²) in [6.07, 6.45) is 2.20. The molecule has 1 aliphatic rings. The highest BCUT2D eigenvalue weighted by atomic mass is 16.5. The van der Waals surface area contributed by atoms with E-state index in [2.05, 4.69) is 4.98 Å². The van der Waals surface area contributed by atoms with E-state index in [9.17, 15) is 4.79 Å². The third kappa shape index (κ3) is 2.75. The summed E-state index contributed by atoms with van der Waals surface area (Å²) in [7, 11) is 0. The lowest BCUT2D eigenvalue weighted by Crippen LogP contribution is -2.23. The fourth-order valence-electron chi connectivity index (χ4n) is 2.26. The summed E-state index contributed by atoms with van der Waals surface area (Å²) in [5.41, 5.74) is 6.22. The second kappa shape index (κ2) is 5.50. The maximum Gasteiger partial charge on any atom is 0.304 e. The van der Waals surface area contributed by atoms with Crippen molar-refractivity contribution in [2.75, 3.05) is 19.8 Å². The fraction of sp³-hybridized carbons (Fsp3) is 0.429. The van der Waals surface area contributed by atoms with Gasteiger partial charge in [-0.15, -0.1) is 0 Å². The number of benzene rings is 1. The highest BCUT2D eigenvalue weighted by Gasteiger charge is 2.15. The van der Waals surface area contributed by atoms with Crippen LogP contribution in [0.3, 0.4) is 0 Å². The van der Waals surface area contributed by atoms with Crippen molar-refractivity contribution in [3.05, 3.63) is 24.1 Å². The van der Waals surface area contributed by atoms with Crippen LogP contribution in [-0.2, 0) is 4.74 Å². The fourth-order valence-corrected chi connectivity index (χ4v) is 2.26. The largest absolute Gasteiger partial charge is 0.493 e. The van der Waals surface area contributed by atoms with Crippen LogP contribution in [0.25, 0.3) is 11.1 Å². The predicted molar refractivity (Wildman–Crippen MR) is 71.6 cm³/mol. The minimum absolute atomic E-state index is 0.0853. The summed E-state index contributed by atoms with van der Waals surface area (Å²) >= 11 is 0. The zero-order valence-corrected chi connectivity index (χ0v) is 11.0. The van der Waals surface area contributed by atoms with Gasteiger partial charge in [-0.2, -0.15) is 0 Å². The van der Waals surface area contributed by atoms with E-state index in [-0.39, 0.29) is 5.89 Å². The molecule has 3 rings (SSSR count). The molecule has 1 amide bonds. The number of oxazole rings is 1. The van der Waals surface area contributed by atoms with E-state index in [4.69, 9.17) is 19.6 Å². The summed E-state index contributed by atoms with van der Waals surface area (Å²) in [6, 6.07) is 5.26. The molecule has 1 aromatic heterocycles. The number of carbonyl (C=O) groups excluding carboxylic acids is 1.